The second kappa shape index (κ2) is 4.40. The summed E-state index contributed by atoms with van der Waals surface area (Å²) in [4.78, 5) is 5.13. The van der Waals surface area contributed by atoms with Gasteiger partial charge in [-0.1, -0.05) is 6.92 Å². The quantitative estimate of drug-likeness (QED) is 0.733. The minimum atomic E-state index is 0.377. The highest BCUT2D eigenvalue weighted by molar-refractivity contribution is 5.04. The van der Waals surface area contributed by atoms with Gasteiger partial charge in [0.25, 0.3) is 0 Å². The lowest BCUT2D eigenvalue weighted by molar-refractivity contribution is 0.154. The molecular formula is C12H25N3. The molecular weight excluding hydrogens is 186 g/mol. The van der Waals surface area contributed by atoms with E-state index < -0.39 is 0 Å². The lowest BCUT2D eigenvalue weighted by Crippen LogP contribution is -2.47. The Kier molecular flexibility index (Phi) is 3.33. The van der Waals surface area contributed by atoms with Crippen molar-refractivity contribution in [1.29, 1.82) is 0 Å². The van der Waals surface area contributed by atoms with Gasteiger partial charge < -0.3 is 5.73 Å². The Morgan fingerprint density at radius 1 is 1.47 bits per heavy atom. The van der Waals surface area contributed by atoms with Crippen molar-refractivity contribution in [2.45, 2.75) is 44.2 Å². The van der Waals surface area contributed by atoms with Crippen LogP contribution in [0.2, 0.25) is 0 Å². The summed E-state index contributed by atoms with van der Waals surface area (Å²) in [5.41, 5.74) is 6.23. The summed E-state index contributed by atoms with van der Waals surface area (Å²) in [5, 5.41) is 0. The van der Waals surface area contributed by atoms with Crippen molar-refractivity contribution in [3.63, 3.8) is 0 Å². The van der Waals surface area contributed by atoms with Crippen molar-refractivity contribution in [2.24, 2.45) is 5.73 Å². The van der Waals surface area contributed by atoms with Crippen LogP contribution in [0.15, 0.2) is 0 Å². The summed E-state index contributed by atoms with van der Waals surface area (Å²) in [6, 6.07) is 0.782. The smallest absolute Gasteiger partial charge is 0.0330 e. The van der Waals surface area contributed by atoms with Crippen LogP contribution in [0.3, 0.4) is 0 Å². The van der Waals surface area contributed by atoms with Crippen LogP contribution in [-0.4, -0.2) is 54.6 Å². The van der Waals surface area contributed by atoms with Crippen LogP contribution in [-0.2, 0) is 0 Å². The number of nitrogens with two attached hydrogens (primary N) is 1. The first-order chi connectivity index (χ1) is 7.22. The average Bonchev–Trinajstić information content (AvgIpc) is 2.94. The standard InChI is InChI=1S/C12H25N3/c1-3-15-8-4-5-11(15)9-14(2)12(10-13)6-7-12/h11H,3-10,13H2,1-2H3. The molecule has 2 fully saturated rings. The number of likely N-dealkylation sites (N-methyl/N-ethyl adjacent to an activating group) is 2. The van der Waals surface area contributed by atoms with E-state index in [4.69, 9.17) is 5.73 Å². The van der Waals surface area contributed by atoms with Gasteiger partial charge in [-0.25, -0.2) is 0 Å². The van der Waals surface area contributed by atoms with Crippen molar-refractivity contribution < 1.29 is 0 Å². The first-order valence-electron chi connectivity index (χ1n) is 6.37. The third kappa shape index (κ3) is 2.19. The lowest BCUT2D eigenvalue weighted by Gasteiger charge is -2.32. The van der Waals surface area contributed by atoms with Crippen molar-refractivity contribution in [3.05, 3.63) is 0 Å². The Hall–Kier alpha value is -0.120. The van der Waals surface area contributed by atoms with Crippen molar-refractivity contribution in [3.8, 4) is 0 Å². The first-order valence-corrected chi connectivity index (χ1v) is 6.37. The van der Waals surface area contributed by atoms with Gasteiger partial charge in [0, 0.05) is 24.7 Å². The second-order valence-corrected chi connectivity index (χ2v) is 5.23. The summed E-state index contributed by atoms with van der Waals surface area (Å²) < 4.78 is 0. The number of rotatable bonds is 5. The van der Waals surface area contributed by atoms with Crippen molar-refractivity contribution >= 4 is 0 Å². The van der Waals surface area contributed by atoms with E-state index in [1.165, 1.54) is 45.3 Å². The molecule has 1 aliphatic carbocycles. The van der Waals surface area contributed by atoms with Crippen LogP contribution in [0.4, 0.5) is 0 Å². The maximum atomic E-state index is 5.86. The van der Waals surface area contributed by atoms with Crippen LogP contribution in [0, 0.1) is 0 Å². The van der Waals surface area contributed by atoms with Crippen LogP contribution in [0.1, 0.15) is 32.6 Å². The predicted molar refractivity (Wildman–Crippen MR) is 63.9 cm³/mol. The molecule has 0 radical (unpaired) electrons. The molecule has 1 atom stereocenters. The molecule has 0 aromatic heterocycles. The topological polar surface area (TPSA) is 32.5 Å². The molecule has 88 valence electrons. The molecule has 3 nitrogen and oxygen atoms in total. The fourth-order valence-electron chi connectivity index (χ4n) is 2.91. The van der Waals surface area contributed by atoms with E-state index in [1.807, 2.05) is 0 Å². The molecule has 15 heavy (non-hydrogen) atoms. The molecule has 0 bridgehead atoms. The van der Waals surface area contributed by atoms with Crippen LogP contribution in [0.5, 0.6) is 0 Å². The molecule has 1 saturated heterocycles. The van der Waals surface area contributed by atoms with E-state index in [0.29, 0.717) is 5.54 Å². The maximum Gasteiger partial charge on any atom is 0.0330 e. The van der Waals surface area contributed by atoms with Gasteiger partial charge >= 0.3 is 0 Å². The summed E-state index contributed by atoms with van der Waals surface area (Å²) in [6.07, 6.45) is 5.36. The fraction of sp³-hybridized carbons (Fsp3) is 1.00. The average molecular weight is 211 g/mol. The van der Waals surface area contributed by atoms with E-state index in [9.17, 15) is 0 Å². The Balaban J connectivity index is 1.85. The molecule has 2 rings (SSSR count). The van der Waals surface area contributed by atoms with Gasteiger partial charge in [0.1, 0.15) is 0 Å². The van der Waals surface area contributed by atoms with Crippen molar-refractivity contribution in [2.75, 3.05) is 33.2 Å². The van der Waals surface area contributed by atoms with Crippen LogP contribution >= 0.6 is 0 Å². The van der Waals surface area contributed by atoms with Gasteiger partial charge in [0.05, 0.1) is 0 Å². The lowest BCUT2D eigenvalue weighted by atomic mass is 10.1. The summed E-state index contributed by atoms with van der Waals surface area (Å²) in [7, 11) is 2.26. The normalized spacial score (nSPS) is 30.0. The molecule has 2 N–H and O–H groups in total. The molecule has 1 unspecified atom stereocenters. The van der Waals surface area contributed by atoms with E-state index >= 15 is 0 Å². The third-order valence-electron chi connectivity index (χ3n) is 4.41. The van der Waals surface area contributed by atoms with Gasteiger partial charge in [0.15, 0.2) is 0 Å². The highest BCUT2D eigenvalue weighted by Gasteiger charge is 2.45. The Morgan fingerprint density at radius 3 is 2.73 bits per heavy atom. The van der Waals surface area contributed by atoms with Gasteiger partial charge in [0.2, 0.25) is 0 Å². The van der Waals surface area contributed by atoms with E-state index in [2.05, 4.69) is 23.8 Å². The Morgan fingerprint density at radius 2 is 2.20 bits per heavy atom. The van der Waals surface area contributed by atoms with Crippen molar-refractivity contribution in [1.82, 2.24) is 9.80 Å². The molecule has 0 amide bonds. The van der Waals surface area contributed by atoms with Gasteiger partial charge in [-0.3, -0.25) is 9.80 Å². The molecule has 0 spiro atoms. The molecule has 1 heterocycles. The molecule has 1 saturated carbocycles. The fourth-order valence-corrected chi connectivity index (χ4v) is 2.91. The minimum absolute atomic E-state index is 0.377. The van der Waals surface area contributed by atoms with E-state index in [-0.39, 0.29) is 0 Å². The Bertz CT molecular complexity index is 213. The molecule has 0 aromatic carbocycles. The predicted octanol–water partition coefficient (Wildman–Crippen LogP) is 0.894. The van der Waals surface area contributed by atoms with Gasteiger partial charge in [-0.15, -0.1) is 0 Å². The maximum absolute atomic E-state index is 5.86. The van der Waals surface area contributed by atoms with E-state index in [0.717, 1.165) is 12.6 Å². The number of nitrogens with zero attached hydrogens (tertiary/aromatic N) is 2. The largest absolute Gasteiger partial charge is 0.329 e. The Labute approximate surface area is 93.6 Å². The minimum Gasteiger partial charge on any atom is -0.329 e. The van der Waals surface area contributed by atoms with Gasteiger partial charge in [-0.05, 0) is 45.8 Å². The summed E-state index contributed by atoms with van der Waals surface area (Å²) >= 11 is 0. The number of hydrogen-bond donors (Lipinski definition) is 1. The number of likely N-dealkylation sites (tertiary alicyclic amines) is 1. The van der Waals surface area contributed by atoms with E-state index in [1.54, 1.807) is 0 Å². The van der Waals surface area contributed by atoms with Crippen LogP contribution < -0.4 is 5.73 Å². The SMILES string of the molecule is CCN1CCCC1CN(C)C1(CN)CC1. The zero-order valence-electron chi connectivity index (χ0n) is 10.2. The zero-order chi connectivity index (χ0) is 10.9. The molecule has 2 aliphatic rings. The molecule has 1 aliphatic heterocycles. The molecule has 0 aromatic rings. The second-order valence-electron chi connectivity index (χ2n) is 5.23. The summed E-state index contributed by atoms with van der Waals surface area (Å²) in [5.74, 6) is 0. The highest BCUT2D eigenvalue weighted by Crippen LogP contribution is 2.40. The molecule has 3 heteroatoms. The number of hydrogen-bond acceptors (Lipinski definition) is 3. The monoisotopic (exact) mass is 211 g/mol. The van der Waals surface area contributed by atoms with Gasteiger partial charge in [-0.2, -0.15) is 0 Å². The highest BCUT2D eigenvalue weighted by atomic mass is 15.3. The zero-order valence-corrected chi connectivity index (χ0v) is 10.2. The first kappa shape index (κ1) is 11.4. The van der Waals surface area contributed by atoms with Crippen LogP contribution in [0.25, 0.3) is 0 Å². The third-order valence-corrected chi connectivity index (χ3v) is 4.41. The summed E-state index contributed by atoms with van der Waals surface area (Å²) in [6.45, 7) is 6.82.